The molecule has 38 heavy (non-hydrogen) atoms. The minimum absolute atomic E-state index is 0.150. The number of carbonyl (C=O) groups is 1. The molecule has 3 saturated heterocycles. The van der Waals surface area contributed by atoms with E-state index in [-0.39, 0.29) is 18.1 Å². The van der Waals surface area contributed by atoms with Gasteiger partial charge >= 0.3 is 5.97 Å². The van der Waals surface area contributed by atoms with Crippen molar-refractivity contribution < 1.29 is 14.3 Å². The van der Waals surface area contributed by atoms with Crippen LogP contribution in [0.3, 0.4) is 0 Å². The summed E-state index contributed by atoms with van der Waals surface area (Å²) in [5, 5.41) is 1.05. The van der Waals surface area contributed by atoms with Gasteiger partial charge in [-0.25, -0.2) is 0 Å². The number of nitrogens with zero attached hydrogens (tertiary/aromatic N) is 2. The van der Waals surface area contributed by atoms with Crippen LogP contribution in [0.5, 0.6) is 11.5 Å². The summed E-state index contributed by atoms with van der Waals surface area (Å²) in [7, 11) is 0. The zero-order chi connectivity index (χ0) is 25.6. The van der Waals surface area contributed by atoms with Crippen molar-refractivity contribution >= 4 is 16.9 Å². The number of carbonyl (C=O) groups excluding carboxylic acids is 1. The van der Waals surface area contributed by atoms with Gasteiger partial charge in [-0.1, -0.05) is 67.9 Å². The SMILES string of the molecule is CC[C@H]1CN2CC[C@@H]1C[C@H]2[C@H](OC(=O)C1c2ccccc2Oc2ccccc21)c1ccnc2ccccc12. The van der Waals surface area contributed by atoms with Crippen molar-refractivity contribution in [2.24, 2.45) is 11.8 Å². The number of benzene rings is 3. The smallest absolute Gasteiger partial charge is 0.318 e. The number of hydrogen-bond donors (Lipinski definition) is 0. The third kappa shape index (κ3) is 3.88. The van der Waals surface area contributed by atoms with Crippen LogP contribution >= 0.6 is 0 Å². The number of para-hydroxylation sites is 3. The van der Waals surface area contributed by atoms with E-state index in [1.165, 1.54) is 12.8 Å². The summed E-state index contributed by atoms with van der Waals surface area (Å²) in [4.78, 5) is 21.5. The van der Waals surface area contributed by atoms with E-state index in [0.717, 1.165) is 53.0 Å². The lowest BCUT2D eigenvalue weighted by Crippen LogP contribution is -2.55. The Balaban J connectivity index is 1.31. The fourth-order valence-corrected chi connectivity index (χ4v) is 7.03. The molecule has 3 aromatic carbocycles. The Hall–Kier alpha value is -3.70. The van der Waals surface area contributed by atoms with Gasteiger partial charge < -0.3 is 9.47 Å². The molecule has 2 bridgehead atoms. The highest BCUT2D eigenvalue weighted by Crippen LogP contribution is 2.47. The molecule has 0 saturated carbocycles. The van der Waals surface area contributed by atoms with Crippen molar-refractivity contribution in [3.8, 4) is 11.5 Å². The molecule has 1 aromatic heterocycles. The predicted molar refractivity (Wildman–Crippen MR) is 147 cm³/mol. The molecule has 3 fully saturated rings. The molecule has 4 aliphatic rings. The van der Waals surface area contributed by atoms with Gasteiger partial charge in [0.1, 0.15) is 23.5 Å². The minimum Gasteiger partial charge on any atom is -0.457 e. The average Bonchev–Trinajstić information content (AvgIpc) is 2.98. The summed E-state index contributed by atoms with van der Waals surface area (Å²) < 4.78 is 12.9. The first kappa shape index (κ1) is 23.4. The molecule has 0 radical (unpaired) electrons. The third-order valence-corrected chi connectivity index (χ3v) is 8.96. The van der Waals surface area contributed by atoms with Crippen LogP contribution in [0, 0.1) is 11.8 Å². The molecule has 0 N–H and O–H groups in total. The summed E-state index contributed by atoms with van der Waals surface area (Å²) in [6.07, 6.45) is 4.95. The zero-order valence-electron chi connectivity index (χ0n) is 21.6. The maximum absolute atomic E-state index is 14.3. The Kier molecular flexibility index (Phi) is 5.89. The van der Waals surface area contributed by atoms with Gasteiger partial charge in [-0.05, 0) is 55.5 Å². The van der Waals surface area contributed by atoms with E-state index < -0.39 is 5.92 Å². The second kappa shape index (κ2) is 9.55. The number of esters is 1. The lowest BCUT2D eigenvalue weighted by atomic mass is 9.72. The Morgan fingerprint density at radius 1 is 1.00 bits per heavy atom. The lowest BCUT2D eigenvalue weighted by Gasteiger charge is -2.52. The Morgan fingerprint density at radius 3 is 2.42 bits per heavy atom. The first-order valence-corrected chi connectivity index (χ1v) is 13.8. The maximum Gasteiger partial charge on any atom is 0.318 e. The first-order valence-electron chi connectivity index (χ1n) is 13.8. The van der Waals surface area contributed by atoms with Gasteiger partial charge in [-0.15, -0.1) is 0 Å². The van der Waals surface area contributed by atoms with Gasteiger partial charge in [0, 0.05) is 34.8 Å². The maximum atomic E-state index is 14.3. The van der Waals surface area contributed by atoms with Crippen LogP contribution in [-0.2, 0) is 9.53 Å². The molecule has 5 atom stereocenters. The minimum atomic E-state index is -0.536. The zero-order valence-corrected chi connectivity index (χ0v) is 21.6. The van der Waals surface area contributed by atoms with E-state index in [0.29, 0.717) is 17.4 Å². The number of pyridine rings is 1. The molecule has 1 unspecified atom stereocenters. The first-order chi connectivity index (χ1) is 18.7. The van der Waals surface area contributed by atoms with E-state index in [9.17, 15) is 4.79 Å². The van der Waals surface area contributed by atoms with Crippen LogP contribution < -0.4 is 4.74 Å². The highest BCUT2D eigenvalue weighted by atomic mass is 16.5. The molecular weight excluding hydrogens is 472 g/mol. The fraction of sp³-hybridized carbons (Fsp3) is 0.333. The van der Waals surface area contributed by atoms with Crippen LogP contribution in [-0.4, -0.2) is 35.0 Å². The topological polar surface area (TPSA) is 51.7 Å². The molecular formula is C33H32N2O3. The second-order valence-electron chi connectivity index (χ2n) is 10.9. The largest absolute Gasteiger partial charge is 0.457 e. The highest BCUT2D eigenvalue weighted by Gasteiger charge is 2.45. The summed E-state index contributed by atoms with van der Waals surface area (Å²) in [5.74, 6) is 2.06. The van der Waals surface area contributed by atoms with Crippen molar-refractivity contribution in [2.75, 3.05) is 13.1 Å². The van der Waals surface area contributed by atoms with Gasteiger partial charge in [-0.2, -0.15) is 0 Å². The van der Waals surface area contributed by atoms with E-state index in [2.05, 4.69) is 22.9 Å². The number of fused-ring (bicyclic) bond motifs is 6. The summed E-state index contributed by atoms with van der Waals surface area (Å²) in [5.41, 5.74) is 3.68. The number of rotatable bonds is 5. The fourth-order valence-electron chi connectivity index (χ4n) is 7.03. The molecule has 0 spiro atoms. The van der Waals surface area contributed by atoms with Crippen LogP contribution in [0.1, 0.15) is 54.9 Å². The summed E-state index contributed by atoms with van der Waals surface area (Å²) >= 11 is 0. The van der Waals surface area contributed by atoms with Crippen molar-refractivity contribution in [2.45, 2.75) is 44.2 Å². The van der Waals surface area contributed by atoms with Crippen LogP contribution in [0.25, 0.3) is 10.9 Å². The van der Waals surface area contributed by atoms with Gasteiger partial charge in [0.25, 0.3) is 0 Å². The molecule has 8 rings (SSSR count). The average molecular weight is 505 g/mol. The van der Waals surface area contributed by atoms with E-state index in [1.807, 2.05) is 79.0 Å². The Labute approximate surface area is 223 Å². The van der Waals surface area contributed by atoms with Crippen LogP contribution in [0.2, 0.25) is 0 Å². The number of ether oxygens (including phenoxy) is 2. The van der Waals surface area contributed by atoms with Gasteiger partial charge in [-0.3, -0.25) is 14.7 Å². The summed E-state index contributed by atoms with van der Waals surface area (Å²) in [6.45, 7) is 4.44. The number of piperidine rings is 3. The van der Waals surface area contributed by atoms with Crippen LogP contribution in [0.4, 0.5) is 0 Å². The molecule has 4 aromatic rings. The number of aromatic nitrogens is 1. The molecule has 5 heterocycles. The molecule has 5 heteroatoms. The Bertz CT molecular complexity index is 1450. The van der Waals surface area contributed by atoms with Crippen molar-refractivity contribution in [1.82, 2.24) is 9.88 Å². The molecule has 4 aliphatic heterocycles. The molecule has 5 nitrogen and oxygen atoms in total. The predicted octanol–water partition coefficient (Wildman–Crippen LogP) is 6.88. The molecule has 0 amide bonds. The van der Waals surface area contributed by atoms with Gasteiger partial charge in [0.15, 0.2) is 0 Å². The normalized spacial score (nSPS) is 24.8. The molecule has 0 aliphatic carbocycles. The van der Waals surface area contributed by atoms with Crippen molar-refractivity contribution in [3.63, 3.8) is 0 Å². The van der Waals surface area contributed by atoms with Crippen molar-refractivity contribution in [1.29, 1.82) is 0 Å². The lowest BCUT2D eigenvalue weighted by molar-refractivity contribution is -0.159. The standard InChI is InChI=1S/C33H32N2O3/c1-2-21-20-35-18-16-22(21)19-28(35)32(24-15-17-34-27-12-6-3-9-23(24)27)38-33(36)31-25-10-4-7-13-29(25)37-30-14-8-5-11-26(30)31/h3-15,17,21-22,28,31-32H,2,16,18-20H2,1H3/t21-,22+,28-,32+/m0/s1. The molecule has 192 valence electrons. The van der Waals surface area contributed by atoms with E-state index in [1.54, 1.807) is 0 Å². The van der Waals surface area contributed by atoms with Gasteiger partial charge in [0.05, 0.1) is 11.6 Å². The number of hydrogen-bond acceptors (Lipinski definition) is 5. The Morgan fingerprint density at radius 2 is 1.71 bits per heavy atom. The highest BCUT2D eigenvalue weighted by molar-refractivity contribution is 5.87. The third-order valence-electron chi connectivity index (χ3n) is 8.96. The van der Waals surface area contributed by atoms with E-state index >= 15 is 0 Å². The second-order valence-corrected chi connectivity index (χ2v) is 10.9. The van der Waals surface area contributed by atoms with Crippen molar-refractivity contribution in [3.05, 3.63) is 102 Å². The van der Waals surface area contributed by atoms with Crippen LogP contribution in [0.15, 0.2) is 85.1 Å². The summed E-state index contributed by atoms with van der Waals surface area (Å²) in [6, 6.07) is 26.0. The monoisotopic (exact) mass is 504 g/mol. The quantitative estimate of drug-likeness (QED) is 0.277. The van der Waals surface area contributed by atoms with Gasteiger partial charge in [0.2, 0.25) is 0 Å². The van der Waals surface area contributed by atoms with E-state index in [4.69, 9.17) is 9.47 Å².